The SMILES string of the molecule is CN1CCC(Nc2cncc(SCc3ccccc3)n2)CC1. The van der Waals surface area contributed by atoms with E-state index in [-0.39, 0.29) is 0 Å². The lowest BCUT2D eigenvalue weighted by molar-refractivity contribution is 0.263. The number of likely N-dealkylation sites (tertiary alicyclic amines) is 1. The monoisotopic (exact) mass is 314 g/mol. The number of piperidine rings is 1. The molecule has 2 heterocycles. The molecule has 0 aliphatic carbocycles. The minimum Gasteiger partial charge on any atom is -0.366 e. The normalized spacial score (nSPS) is 16.6. The number of nitrogens with zero attached hydrogens (tertiary/aromatic N) is 3. The summed E-state index contributed by atoms with van der Waals surface area (Å²) in [4.78, 5) is 11.4. The van der Waals surface area contributed by atoms with Crippen LogP contribution in [-0.4, -0.2) is 41.0 Å². The molecule has 1 aliphatic rings. The highest BCUT2D eigenvalue weighted by Crippen LogP contribution is 2.22. The number of aromatic nitrogens is 2. The molecule has 0 amide bonds. The molecular weight excluding hydrogens is 292 g/mol. The van der Waals surface area contributed by atoms with E-state index in [9.17, 15) is 0 Å². The summed E-state index contributed by atoms with van der Waals surface area (Å²) in [7, 11) is 2.18. The number of hydrogen-bond acceptors (Lipinski definition) is 5. The summed E-state index contributed by atoms with van der Waals surface area (Å²) < 4.78 is 0. The van der Waals surface area contributed by atoms with Crippen molar-refractivity contribution in [2.75, 3.05) is 25.5 Å². The second-order valence-corrected chi connectivity index (χ2v) is 6.73. The molecule has 1 aromatic heterocycles. The molecule has 1 fully saturated rings. The standard InChI is InChI=1S/C17H22N4S/c1-21-9-7-15(8-10-21)19-16-11-18-12-17(20-16)22-13-14-5-3-2-4-6-14/h2-6,11-12,15H,7-10,13H2,1H3,(H,19,20). The Morgan fingerprint density at radius 1 is 1.18 bits per heavy atom. The van der Waals surface area contributed by atoms with Gasteiger partial charge in [-0.15, -0.1) is 11.8 Å². The molecule has 4 nitrogen and oxygen atoms in total. The summed E-state index contributed by atoms with van der Waals surface area (Å²) in [5, 5.41) is 4.50. The van der Waals surface area contributed by atoms with E-state index < -0.39 is 0 Å². The van der Waals surface area contributed by atoms with Gasteiger partial charge in [-0.1, -0.05) is 30.3 Å². The van der Waals surface area contributed by atoms with Crippen LogP contribution in [-0.2, 0) is 5.75 Å². The Morgan fingerprint density at radius 2 is 1.95 bits per heavy atom. The van der Waals surface area contributed by atoms with E-state index in [2.05, 4.69) is 51.5 Å². The average Bonchev–Trinajstić information content (AvgIpc) is 2.57. The maximum atomic E-state index is 4.68. The van der Waals surface area contributed by atoms with Crippen LogP contribution in [0.3, 0.4) is 0 Å². The molecule has 0 spiro atoms. The van der Waals surface area contributed by atoms with Crippen molar-refractivity contribution < 1.29 is 0 Å². The molecule has 0 atom stereocenters. The highest BCUT2D eigenvalue weighted by molar-refractivity contribution is 7.98. The van der Waals surface area contributed by atoms with Gasteiger partial charge in [-0.05, 0) is 38.5 Å². The number of thioether (sulfide) groups is 1. The second kappa shape index (κ2) is 7.61. The smallest absolute Gasteiger partial charge is 0.146 e. The van der Waals surface area contributed by atoms with Crippen molar-refractivity contribution in [2.24, 2.45) is 0 Å². The average molecular weight is 314 g/mol. The van der Waals surface area contributed by atoms with Crippen LogP contribution in [0.1, 0.15) is 18.4 Å². The van der Waals surface area contributed by atoms with Gasteiger partial charge in [-0.25, -0.2) is 4.98 Å². The van der Waals surface area contributed by atoms with E-state index in [1.807, 2.05) is 18.5 Å². The summed E-state index contributed by atoms with van der Waals surface area (Å²) in [5.74, 6) is 1.82. The van der Waals surface area contributed by atoms with Crippen molar-refractivity contribution in [1.82, 2.24) is 14.9 Å². The van der Waals surface area contributed by atoms with Crippen LogP contribution in [0.2, 0.25) is 0 Å². The first-order valence-corrected chi connectivity index (χ1v) is 8.72. The van der Waals surface area contributed by atoms with Crippen molar-refractivity contribution in [1.29, 1.82) is 0 Å². The maximum absolute atomic E-state index is 4.68. The molecule has 22 heavy (non-hydrogen) atoms. The number of anilines is 1. The van der Waals surface area contributed by atoms with Gasteiger partial charge in [0.2, 0.25) is 0 Å². The molecule has 1 aromatic carbocycles. The molecule has 0 saturated carbocycles. The Labute approximate surface area is 136 Å². The van der Waals surface area contributed by atoms with Gasteiger partial charge in [0.25, 0.3) is 0 Å². The Balaban J connectivity index is 1.55. The number of rotatable bonds is 5. The summed E-state index contributed by atoms with van der Waals surface area (Å²) in [6.45, 7) is 2.29. The third kappa shape index (κ3) is 4.45. The zero-order valence-electron chi connectivity index (χ0n) is 12.9. The first-order chi connectivity index (χ1) is 10.8. The number of hydrogen-bond donors (Lipinski definition) is 1. The summed E-state index contributed by atoms with van der Waals surface area (Å²) in [6.07, 6.45) is 6.00. The van der Waals surface area contributed by atoms with Crippen molar-refractivity contribution >= 4 is 17.6 Å². The molecule has 0 radical (unpaired) electrons. The summed E-state index contributed by atoms with van der Waals surface area (Å²) in [6, 6.07) is 11.0. The van der Waals surface area contributed by atoms with Crippen molar-refractivity contribution in [2.45, 2.75) is 29.7 Å². The fourth-order valence-corrected chi connectivity index (χ4v) is 3.39. The van der Waals surface area contributed by atoms with Gasteiger partial charge in [0.1, 0.15) is 10.8 Å². The maximum Gasteiger partial charge on any atom is 0.146 e. The van der Waals surface area contributed by atoms with E-state index in [0.717, 1.165) is 29.7 Å². The lowest BCUT2D eigenvalue weighted by atomic mass is 10.1. The fraction of sp³-hybridized carbons (Fsp3) is 0.412. The van der Waals surface area contributed by atoms with Crippen molar-refractivity contribution in [3.63, 3.8) is 0 Å². The molecule has 1 saturated heterocycles. The lowest BCUT2D eigenvalue weighted by Crippen LogP contribution is -2.36. The molecule has 116 valence electrons. The van der Waals surface area contributed by atoms with Gasteiger partial charge in [0, 0.05) is 11.8 Å². The molecule has 2 aromatic rings. The predicted octanol–water partition coefficient (Wildman–Crippen LogP) is 3.28. The van der Waals surface area contributed by atoms with Crippen molar-refractivity contribution in [3.8, 4) is 0 Å². The molecule has 0 bridgehead atoms. The van der Waals surface area contributed by atoms with E-state index in [1.54, 1.807) is 11.8 Å². The van der Waals surface area contributed by atoms with Gasteiger partial charge < -0.3 is 10.2 Å². The molecule has 1 aliphatic heterocycles. The van der Waals surface area contributed by atoms with Gasteiger partial charge in [-0.2, -0.15) is 0 Å². The predicted molar refractivity (Wildman–Crippen MR) is 92.2 cm³/mol. The van der Waals surface area contributed by atoms with E-state index in [1.165, 1.54) is 18.4 Å². The first-order valence-electron chi connectivity index (χ1n) is 7.73. The molecular formula is C17H22N4S. The van der Waals surface area contributed by atoms with Gasteiger partial charge >= 0.3 is 0 Å². The van der Waals surface area contributed by atoms with E-state index in [0.29, 0.717) is 6.04 Å². The van der Waals surface area contributed by atoms with Crippen LogP contribution >= 0.6 is 11.8 Å². The highest BCUT2D eigenvalue weighted by atomic mass is 32.2. The summed E-state index contributed by atoms with van der Waals surface area (Å²) in [5.41, 5.74) is 1.31. The highest BCUT2D eigenvalue weighted by Gasteiger charge is 2.16. The third-order valence-electron chi connectivity index (χ3n) is 3.91. The van der Waals surface area contributed by atoms with Crippen LogP contribution < -0.4 is 5.32 Å². The second-order valence-electron chi connectivity index (χ2n) is 5.74. The van der Waals surface area contributed by atoms with Crippen LogP contribution in [0.15, 0.2) is 47.8 Å². The van der Waals surface area contributed by atoms with Gasteiger partial charge in [0.05, 0.1) is 12.4 Å². The van der Waals surface area contributed by atoms with Crippen molar-refractivity contribution in [3.05, 3.63) is 48.3 Å². The van der Waals surface area contributed by atoms with Crippen LogP contribution in [0, 0.1) is 0 Å². The van der Waals surface area contributed by atoms with Crippen LogP contribution in [0.25, 0.3) is 0 Å². The zero-order valence-corrected chi connectivity index (χ0v) is 13.7. The quantitative estimate of drug-likeness (QED) is 0.858. The minimum absolute atomic E-state index is 0.514. The Bertz CT molecular complexity index is 582. The Morgan fingerprint density at radius 3 is 2.73 bits per heavy atom. The Kier molecular flexibility index (Phi) is 5.29. The molecule has 0 unspecified atom stereocenters. The van der Waals surface area contributed by atoms with E-state index >= 15 is 0 Å². The van der Waals surface area contributed by atoms with Crippen LogP contribution in [0.5, 0.6) is 0 Å². The lowest BCUT2D eigenvalue weighted by Gasteiger charge is -2.29. The molecule has 3 rings (SSSR count). The van der Waals surface area contributed by atoms with E-state index in [4.69, 9.17) is 0 Å². The molecule has 1 N–H and O–H groups in total. The fourth-order valence-electron chi connectivity index (χ4n) is 2.58. The zero-order chi connectivity index (χ0) is 15.2. The first kappa shape index (κ1) is 15.3. The van der Waals surface area contributed by atoms with Crippen LogP contribution in [0.4, 0.5) is 5.82 Å². The van der Waals surface area contributed by atoms with Gasteiger partial charge in [0.15, 0.2) is 0 Å². The Hall–Kier alpha value is -1.59. The third-order valence-corrected chi connectivity index (χ3v) is 4.88. The number of nitrogens with one attached hydrogen (secondary N) is 1. The summed E-state index contributed by atoms with van der Waals surface area (Å²) >= 11 is 1.73. The number of benzene rings is 1. The topological polar surface area (TPSA) is 41.0 Å². The minimum atomic E-state index is 0.514. The largest absolute Gasteiger partial charge is 0.366 e. The van der Waals surface area contributed by atoms with Gasteiger partial charge in [-0.3, -0.25) is 4.98 Å². The molecule has 5 heteroatoms.